The van der Waals surface area contributed by atoms with Crippen molar-refractivity contribution in [3.8, 4) is 5.75 Å². The maximum atomic E-state index is 12.6. The van der Waals surface area contributed by atoms with Crippen molar-refractivity contribution in [3.05, 3.63) is 65.7 Å². The number of benzene rings is 2. The number of piperazine rings is 1. The number of nitrogens with zero attached hydrogens (tertiary/aromatic N) is 2. The van der Waals surface area contributed by atoms with Gasteiger partial charge in [0.05, 0.1) is 19.7 Å². The largest absolute Gasteiger partial charge is 0.494 e. The number of guanidine groups is 1. The van der Waals surface area contributed by atoms with Crippen LogP contribution in [0.15, 0.2) is 59.6 Å². The molecule has 1 saturated heterocycles. The second-order valence-electron chi connectivity index (χ2n) is 7.41. The fraction of sp³-hybridized carbons (Fsp3) is 0.375. The number of nitrogens with one attached hydrogen (secondary N) is 3. The van der Waals surface area contributed by atoms with Crippen molar-refractivity contribution in [2.45, 2.75) is 19.9 Å². The first-order chi connectivity index (χ1) is 15.7. The van der Waals surface area contributed by atoms with Gasteiger partial charge in [0, 0.05) is 31.7 Å². The van der Waals surface area contributed by atoms with E-state index < -0.39 is 0 Å². The van der Waals surface area contributed by atoms with Crippen molar-refractivity contribution in [1.29, 1.82) is 0 Å². The average Bonchev–Trinajstić information content (AvgIpc) is 2.83. The topological polar surface area (TPSA) is 95.1 Å². The Morgan fingerprint density at radius 3 is 2.62 bits per heavy atom. The van der Waals surface area contributed by atoms with Crippen molar-refractivity contribution in [2.75, 3.05) is 39.3 Å². The molecule has 0 atom stereocenters. The molecule has 1 aliphatic heterocycles. The van der Waals surface area contributed by atoms with E-state index in [9.17, 15) is 9.59 Å². The van der Waals surface area contributed by atoms with Crippen LogP contribution in [0.2, 0.25) is 0 Å². The van der Waals surface area contributed by atoms with Crippen molar-refractivity contribution < 1.29 is 14.3 Å². The molecule has 3 rings (SSSR count). The summed E-state index contributed by atoms with van der Waals surface area (Å²) in [5.41, 5.74) is 1.58. The van der Waals surface area contributed by atoms with E-state index in [1.807, 2.05) is 49.4 Å². The number of carbonyl (C=O) groups is 2. The zero-order valence-electron chi connectivity index (χ0n) is 18.5. The van der Waals surface area contributed by atoms with Crippen LogP contribution >= 0.6 is 0 Å². The molecule has 2 aromatic carbocycles. The highest BCUT2D eigenvalue weighted by Gasteiger charge is 2.22. The molecular formula is C24H31N5O3. The summed E-state index contributed by atoms with van der Waals surface area (Å²) in [4.78, 5) is 30.3. The van der Waals surface area contributed by atoms with Crippen LogP contribution in [0.3, 0.4) is 0 Å². The van der Waals surface area contributed by atoms with Gasteiger partial charge in [-0.25, -0.2) is 4.99 Å². The first-order valence-corrected chi connectivity index (χ1v) is 11.0. The molecule has 1 aliphatic rings. The standard InChI is InChI=1S/C24H31N5O3/c1-2-25-24(27-13-6-16-32-21-7-4-3-5-8-21)28-17-19-9-11-20(12-10-19)23(31)29-15-14-26-22(30)18-29/h3-5,7-12H,2,6,13-18H2,1H3,(H,26,30)(H2,25,27,28). The van der Waals surface area contributed by atoms with Crippen molar-refractivity contribution in [1.82, 2.24) is 20.9 Å². The normalized spacial score (nSPS) is 14.0. The Kier molecular flexibility index (Phi) is 8.92. The molecule has 0 saturated carbocycles. The highest BCUT2D eigenvalue weighted by atomic mass is 16.5. The van der Waals surface area contributed by atoms with Gasteiger partial charge in [-0.15, -0.1) is 0 Å². The molecule has 3 N–H and O–H groups in total. The molecule has 0 bridgehead atoms. The predicted molar refractivity (Wildman–Crippen MR) is 125 cm³/mol. The van der Waals surface area contributed by atoms with Crippen molar-refractivity contribution in [3.63, 3.8) is 0 Å². The Hall–Kier alpha value is -3.55. The first-order valence-electron chi connectivity index (χ1n) is 11.0. The van der Waals surface area contributed by atoms with E-state index in [2.05, 4.69) is 20.9 Å². The third kappa shape index (κ3) is 7.30. The number of rotatable bonds is 9. The smallest absolute Gasteiger partial charge is 0.254 e. The van der Waals surface area contributed by atoms with Crippen LogP contribution in [0.25, 0.3) is 0 Å². The minimum Gasteiger partial charge on any atom is -0.494 e. The summed E-state index contributed by atoms with van der Waals surface area (Å²) < 4.78 is 5.70. The third-order valence-electron chi connectivity index (χ3n) is 4.92. The van der Waals surface area contributed by atoms with E-state index in [4.69, 9.17) is 4.74 Å². The van der Waals surface area contributed by atoms with Crippen molar-refractivity contribution >= 4 is 17.8 Å². The lowest BCUT2D eigenvalue weighted by Crippen LogP contribution is -2.49. The lowest BCUT2D eigenvalue weighted by atomic mass is 10.1. The van der Waals surface area contributed by atoms with Gasteiger partial charge in [0.2, 0.25) is 5.91 Å². The maximum absolute atomic E-state index is 12.6. The second kappa shape index (κ2) is 12.3. The molecule has 32 heavy (non-hydrogen) atoms. The zero-order chi connectivity index (χ0) is 22.6. The van der Waals surface area contributed by atoms with Gasteiger partial charge in [0.15, 0.2) is 5.96 Å². The third-order valence-corrected chi connectivity index (χ3v) is 4.92. The van der Waals surface area contributed by atoms with Crippen LogP contribution in [0.1, 0.15) is 29.3 Å². The van der Waals surface area contributed by atoms with Crippen LogP contribution in [0, 0.1) is 0 Å². The molecule has 0 radical (unpaired) electrons. The number of amides is 2. The highest BCUT2D eigenvalue weighted by molar-refractivity contribution is 5.97. The molecular weight excluding hydrogens is 406 g/mol. The number of carbonyl (C=O) groups excluding carboxylic acids is 2. The van der Waals surface area contributed by atoms with Crippen LogP contribution in [-0.4, -0.2) is 62.0 Å². The van der Waals surface area contributed by atoms with Gasteiger partial charge < -0.3 is 25.6 Å². The summed E-state index contributed by atoms with van der Waals surface area (Å²) in [7, 11) is 0. The molecule has 2 amide bonds. The van der Waals surface area contributed by atoms with Gasteiger partial charge in [-0.05, 0) is 43.2 Å². The van der Waals surface area contributed by atoms with E-state index in [0.717, 1.165) is 36.8 Å². The molecule has 0 aromatic heterocycles. The summed E-state index contributed by atoms with van der Waals surface area (Å²) in [6.07, 6.45) is 0.852. The lowest BCUT2D eigenvalue weighted by Gasteiger charge is -2.26. The Morgan fingerprint density at radius 2 is 1.91 bits per heavy atom. The van der Waals surface area contributed by atoms with Crippen LogP contribution in [-0.2, 0) is 11.3 Å². The molecule has 8 nitrogen and oxygen atoms in total. The summed E-state index contributed by atoms with van der Waals surface area (Å²) in [5.74, 6) is 1.37. The van der Waals surface area contributed by atoms with Gasteiger partial charge in [-0.2, -0.15) is 0 Å². The van der Waals surface area contributed by atoms with Crippen LogP contribution in [0.4, 0.5) is 0 Å². The van der Waals surface area contributed by atoms with Crippen molar-refractivity contribution in [2.24, 2.45) is 4.99 Å². The lowest BCUT2D eigenvalue weighted by molar-refractivity contribution is -0.123. The molecule has 2 aromatic rings. The minimum atomic E-state index is -0.123. The van der Waals surface area contributed by atoms with E-state index in [1.54, 1.807) is 17.0 Å². The van der Waals surface area contributed by atoms with E-state index in [-0.39, 0.29) is 18.4 Å². The molecule has 0 spiro atoms. The fourth-order valence-corrected chi connectivity index (χ4v) is 3.25. The van der Waals surface area contributed by atoms with Gasteiger partial charge in [-0.3, -0.25) is 9.59 Å². The van der Waals surface area contributed by atoms with E-state index >= 15 is 0 Å². The summed E-state index contributed by atoms with van der Waals surface area (Å²) in [6, 6.07) is 17.2. The average molecular weight is 438 g/mol. The van der Waals surface area contributed by atoms with Gasteiger partial charge in [0.25, 0.3) is 5.91 Å². The SMILES string of the molecule is CCNC(=NCc1ccc(C(=O)N2CCNC(=O)C2)cc1)NCCCOc1ccccc1. The summed E-state index contributed by atoms with van der Waals surface area (Å²) in [6.45, 7) is 5.80. The quantitative estimate of drug-likeness (QED) is 0.316. The molecule has 1 heterocycles. The summed E-state index contributed by atoms with van der Waals surface area (Å²) in [5, 5.41) is 9.28. The first kappa shape index (κ1) is 23.1. The predicted octanol–water partition coefficient (Wildman–Crippen LogP) is 1.78. The minimum absolute atomic E-state index is 0.110. The molecule has 0 unspecified atom stereocenters. The number of hydrogen-bond acceptors (Lipinski definition) is 4. The highest BCUT2D eigenvalue weighted by Crippen LogP contribution is 2.10. The molecule has 0 aliphatic carbocycles. The fourth-order valence-electron chi connectivity index (χ4n) is 3.25. The Balaban J connectivity index is 1.45. The molecule has 8 heteroatoms. The number of hydrogen-bond donors (Lipinski definition) is 3. The van der Waals surface area contributed by atoms with Crippen LogP contribution < -0.4 is 20.7 Å². The number of ether oxygens (including phenoxy) is 1. The second-order valence-corrected chi connectivity index (χ2v) is 7.41. The Labute approximate surface area is 189 Å². The van der Waals surface area contributed by atoms with Gasteiger partial charge >= 0.3 is 0 Å². The van der Waals surface area contributed by atoms with E-state index in [0.29, 0.717) is 31.8 Å². The molecule has 1 fully saturated rings. The van der Waals surface area contributed by atoms with Gasteiger partial charge in [0.1, 0.15) is 5.75 Å². The number of aliphatic imine (C=N–C) groups is 1. The summed E-state index contributed by atoms with van der Waals surface area (Å²) >= 11 is 0. The van der Waals surface area contributed by atoms with Crippen LogP contribution in [0.5, 0.6) is 5.75 Å². The maximum Gasteiger partial charge on any atom is 0.254 e. The van der Waals surface area contributed by atoms with E-state index in [1.165, 1.54) is 0 Å². The van der Waals surface area contributed by atoms with Gasteiger partial charge in [-0.1, -0.05) is 30.3 Å². The number of para-hydroxylation sites is 1. The monoisotopic (exact) mass is 437 g/mol. The zero-order valence-corrected chi connectivity index (χ0v) is 18.5. The Morgan fingerprint density at radius 1 is 1.12 bits per heavy atom. The Bertz CT molecular complexity index is 900. The molecule has 170 valence electrons.